The minimum absolute atomic E-state index is 0.443. The molecule has 2 heteroatoms. The maximum atomic E-state index is 3.50. The number of hydrogen-bond acceptors (Lipinski definition) is 2. The summed E-state index contributed by atoms with van der Waals surface area (Å²) in [5.74, 6) is 0.969. The van der Waals surface area contributed by atoms with E-state index in [-0.39, 0.29) is 0 Å². The maximum absolute atomic E-state index is 3.50. The van der Waals surface area contributed by atoms with E-state index in [0.717, 1.165) is 19.0 Å². The van der Waals surface area contributed by atoms with Crippen molar-refractivity contribution in [1.29, 1.82) is 0 Å². The van der Waals surface area contributed by atoms with Crippen molar-refractivity contribution in [1.82, 2.24) is 10.2 Å². The molecule has 1 aliphatic carbocycles. The van der Waals surface area contributed by atoms with Crippen LogP contribution in [-0.4, -0.2) is 31.6 Å². The highest BCUT2D eigenvalue weighted by Crippen LogP contribution is 2.30. The zero-order valence-corrected chi connectivity index (χ0v) is 12.9. The predicted molar refractivity (Wildman–Crippen MR) is 82.6 cm³/mol. The Labute approximate surface area is 118 Å². The number of aryl methyl sites for hydroxylation is 2. The molecule has 1 fully saturated rings. The lowest BCUT2D eigenvalue weighted by Gasteiger charge is -2.27. The Bertz CT molecular complexity index is 410. The lowest BCUT2D eigenvalue weighted by Crippen LogP contribution is -2.35. The van der Waals surface area contributed by atoms with Crippen LogP contribution < -0.4 is 5.32 Å². The smallest absolute Gasteiger partial charge is 0.0449 e. The van der Waals surface area contributed by atoms with Gasteiger partial charge < -0.3 is 10.2 Å². The number of rotatable bonds is 7. The molecule has 1 unspecified atom stereocenters. The summed E-state index contributed by atoms with van der Waals surface area (Å²) in [6.07, 6.45) is 2.87. The molecular weight excluding hydrogens is 232 g/mol. The van der Waals surface area contributed by atoms with Crippen molar-refractivity contribution in [2.45, 2.75) is 39.7 Å². The molecule has 1 saturated carbocycles. The summed E-state index contributed by atoms with van der Waals surface area (Å²) in [5.41, 5.74) is 4.20. The lowest BCUT2D eigenvalue weighted by molar-refractivity contribution is 0.248. The van der Waals surface area contributed by atoms with Gasteiger partial charge in [0.25, 0.3) is 0 Å². The molecule has 1 aliphatic rings. The number of likely N-dealkylation sites (N-methyl/N-ethyl adjacent to an activating group) is 2. The van der Waals surface area contributed by atoms with Gasteiger partial charge in [-0.25, -0.2) is 0 Å². The number of nitrogens with zero attached hydrogens (tertiary/aromatic N) is 1. The van der Waals surface area contributed by atoms with Crippen molar-refractivity contribution in [2.24, 2.45) is 5.92 Å². The highest BCUT2D eigenvalue weighted by molar-refractivity contribution is 5.33. The van der Waals surface area contributed by atoms with Crippen LogP contribution in [0.2, 0.25) is 0 Å². The van der Waals surface area contributed by atoms with Crippen molar-refractivity contribution < 1.29 is 0 Å². The molecule has 106 valence electrons. The molecule has 2 nitrogen and oxygen atoms in total. The molecular formula is C17H28N2. The monoisotopic (exact) mass is 260 g/mol. The van der Waals surface area contributed by atoms with E-state index in [9.17, 15) is 0 Å². The van der Waals surface area contributed by atoms with Crippen LogP contribution in [0, 0.1) is 19.8 Å². The fourth-order valence-corrected chi connectivity index (χ4v) is 2.74. The maximum Gasteiger partial charge on any atom is 0.0449 e. The van der Waals surface area contributed by atoms with E-state index >= 15 is 0 Å². The summed E-state index contributed by atoms with van der Waals surface area (Å²) in [6, 6.07) is 7.22. The van der Waals surface area contributed by atoms with Crippen LogP contribution in [0.4, 0.5) is 0 Å². The standard InChI is InChI=1S/C17H28N2/c1-5-19(11-15-8-9-15)12-17(18-4)16-10-13(2)6-7-14(16)3/h6-7,10,15,17-18H,5,8-9,11-12H2,1-4H3. The minimum Gasteiger partial charge on any atom is -0.312 e. The first-order valence-corrected chi connectivity index (χ1v) is 7.60. The highest BCUT2D eigenvalue weighted by atomic mass is 15.1. The van der Waals surface area contributed by atoms with Gasteiger partial charge in [0.1, 0.15) is 0 Å². The van der Waals surface area contributed by atoms with Gasteiger partial charge in [0.05, 0.1) is 0 Å². The first kappa shape index (κ1) is 14.5. The Morgan fingerprint density at radius 1 is 1.32 bits per heavy atom. The third-order valence-electron chi connectivity index (χ3n) is 4.26. The van der Waals surface area contributed by atoms with Gasteiger partial charge in [-0.3, -0.25) is 0 Å². The summed E-state index contributed by atoms with van der Waals surface area (Å²) in [5, 5.41) is 3.50. The third-order valence-corrected chi connectivity index (χ3v) is 4.26. The molecule has 0 aromatic heterocycles. The van der Waals surface area contributed by atoms with E-state index in [4.69, 9.17) is 0 Å². The van der Waals surface area contributed by atoms with Crippen LogP contribution in [-0.2, 0) is 0 Å². The summed E-state index contributed by atoms with van der Waals surface area (Å²) in [7, 11) is 2.08. The molecule has 0 radical (unpaired) electrons. The van der Waals surface area contributed by atoms with Gasteiger partial charge in [-0.2, -0.15) is 0 Å². The first-order valence-electron chi connectivity index (χ1n) is 7.60. The second-order valence-corrected chi connectivity index (χ2v) is 6.00. The van der Waals surface area contributed by atoms with Gasteiger partial charge in [0.15, 0.2) is 0 Å². The molecule has 0 saturated heterocycles. The van der Waals surface area contributed by atoms with E-state index in [1.54, 1.807) is 0 Å². The highest BCUT2D eigenvalue weighted by Gasteiger charge is 2.25. The molecule has 1 aromatic rings. The van der Waals surface area contributed by atoms with Crippen LogP contribution in [0.3, 0.4) is 0 Å². The quantitative estimate of drug-likeness (QED) is 0.809. The number of nitrogens with one attached hydrogen (secondary N) is 1. The zero-order valence-electron chi connectivity index (χ0n) is 12.9. The normalized spacial score (nSPS) is 16.9. The Balaban J connectivity index is 2.06. The second kappa shape index (κ2) is 6.53. The van der Waals surface area contributed by atoms with Crippen LogP contribution in [0.1, 0.15) is 42.5 Å². The topological polar surface area (TPSA) is 15.3 Å². The molecule has 0 spiro atoms. The fourth-order valence-electron chi connectivity index (χ4n) is 2.74. The molecule has 19 heavy (non-hydrogen) atoms. The summed E-state index contributed by atoms with van der Waals surface area (Å²) >= 11 is 0. The van der Waals surface area contributed by atoms with Crippen molar-refractivity contribution in [2.75, 3.05) is 26.7 Å². The lowest BCUT2D eigenvalue weighted by atomic mass is 9.98. The molecule has 1 atom stereocenters. The molecule has 0 heterocycles. The van der Waals surface area contributed by atoms with Gasteiger partial charge >= 0.3 is 0 Å². The number of benzene rings is 1. The van der Waals surface area contributed by atoms with Crippen LogP contribution in [0.5, 0.6) is 0 Å². The Morgan fingerprint density at radius 2 is 2.05 bits per heavy atom. The first-order chi connectivity index (χ1) is 9.13. The van der Waals surface area contributed by atoms with Gasteiger partial charge in [-0.1, -0.05) is 30.7 Å². The molecule has 2 rings (SSSR count). The molecule has 1 N–H and O–H groups in total. The van der Waals surface area contributed by atoms with E-state index in [1.165, 1.54) is 36.1 Å². The molecule has 1 aromatic carbocycles. The predicted octanol–water partition coefficient (Wildman–Crippen LogP) is 3.30. The number of hydrogen-bond donors (Lipinski definition) is 1. The van der Waals surface area contributed by atoms with Gasteiger partial charge in [-0.15, -0.1) is 0 Å². The summed E-state index contributed by atoms with van der Waals surface area (Å²) < 4.78 is 0. The molecule has 0 amide bonds. The fraction of sp³-hybridized carbons (Fsp3) is 0.647. The van der Waals surface area contributed by atoms with Crippen LogP contribution >= 0.6 is 0 Å². The summed E-state index contributed by atoms with van der Waals surface area (Å²) in [4.78, 5) is 2.60. The van der Waals surface area contributed by atoms with Crippen LogP contribution in [0.15, 0.2) is 18.2 Å². The van der Waals surface area contributed by atoms with E-state index in [2.05, 4.69) is 56.2 Å². The average Bonchev–Trinajstić information content (AvgIpc) is 3.21. The molecule has 0 aliphatic heterocycles. The van der Waals surface area contributed by atoms with Gasteiger partial charge in [0.2, 0.25) is 0 Å². The van der Waals surface area contributed by atoms with E-state index < -0.39 is 0 Å². The van der Waals surface area contributed by atoms with Crippen molar-refractivity contribution in [3.8, 4) is 0 Å². The summed E-state index contributed by atoms with van der Waals surface area (Å²) in [6.45, 7) is 10.2. The van der Waals surface area contributed by atoms with Crippen molar-refractivity contribution in [3.63, 3.8) is 0 Å². The van der Waals surface area contributed by atoms with E-state index in [1.807, 2.05) is 0 Å². The third kappa shape index (κ3) is 4.05. The average molecular weight is 260 g/mol. The van der Waals surface area contributed by atoms with E-state index in [0.29, 0.717) is 6.04 Å². The zero-order chi connectivity index (χ0) is 13.8. The van der Waals surface area contributed by atoms with Crippen molar-refractivity contribution >= 4 is 0 Å². The van der Waals surface area contributed by atoms with Crippen molar-refractivity contribution in [3.05, 3.63) is 34.9 Å². The van der Waals surface area contributed by atoms with Gasteiger partial charge in [0, 0.05) is 19.1 Å². The molecule has 0 bridgehead atoms. The Hall–Kier alpha value is -0.860. The Kier molecular flexibility index (Phi) is 5.00. The van der Waals surface area contributed by atoms with Gasteiger partial charge in [-0.05, 0) is 57.3 Å². The Morgan fingerprint density at radius 3 is 2.63 bits per heavy atom. The minimum atomic E-state index is 0.443. The van der Waals surface area contributed by atoms with Crippen LogP contribution in [0.25, 0.3) is 0 Å². The second-order valence-electron chi connectivity index (χ2n) is 6.00. The SMILES string of the molecule is CCN(CC1CC1)CC(NC)c1cc(C)ccc1C. The largest absolute Gasteiger partial charge is 0.312 e.